The summed E-state index contributed by atoms with van der Waals surface area (Å²) in [5, 5.41) is 22.2. The topological polar surface area (TPSA) is 115 Å². The van der Waals surface area contributed by atoms with Crippen molar-refractivity contribution in [1.29, 1.82) is 0 Å². The molecule has 3 aromatic rings. The lowest BCUT2D eigenvalue weighted by molar-refractivity contribution is -0.385. The van der Waals surface area contributed by atoms with Crippen LogP contribution in [0.3, 0.4) is 0 Å². The highest BCUT2D eigenvalue weighted by Gasteiger charge is 2.20. The molecule has 9 nitrogen and oxygen atoms in total. The zero-order valence-corrected chi connectivity index (χ0v) is 16.9. The van der Waals surface area contributed by atoms with E-state index in [0.717, 1.165) is 5.56 Å². The van der Waals surface area contributed by atoms with Gasteiger partial charge in [-0.05, 0) is 30.8 Å². The Morgan fingerprint density at radius 2 is 1.86 bits per heavy atom. The highest BCUT2D eigenvalue weighted by molar-refractivity contribution is 7.98. The first-order chi connectivity index (χ1) is 14.0. The first kappa shape index (κ1) is 20.4. The average Bonchev–Trinajstić information content (AvgIpc) is 3.06. The van der Waals surface area contributed by atoms with Crippen molar-refractivity contribution in [3.8, 4) is 0 Å². The fourth-order valence-corrected chi connectivity index (χ4v) is 3.49. The number of hydrogen-bond acceptors (Lipinski definition) is 7. The van der Waals surface area contributed by atoms with Crippen molar-refractivity contribution in [3.63, 3.8) is 0 Å². The number of nitrogens with one attached hydrogen (secondary N) is 2. The summed E-state index contributed by atoms with van der Waals surface area (Å²) < 4.78 is 1.55. The van der Waals surface area contributed by atoms with Crippen LogP contribution in [0, 0.1) is 17.0 Å². The molecule has 0 aliphatic carbocycles. The van der Waals surface area contributed by atoms with Crippen LogP contribution in [0.2, 0.25) is 0 Å². The number of carbonyl (C=O) groups excluding carboxylic acids is 1. The molecule has 0 unspecified atom stereocenters. The van der Waals surface area contributed by atoms with Gasteiger partial charge in [-0.1, -0.05) is 54.2 Å². The molecule has 29 heavy (non-hydrogen) atoms. The number of thiocarbonyl (C=S) groups is 1. The number of nitro groups is 1. The van der Waals surface area contributed by atoms with Crippen LogP contribution < -0.4 is 10.7 Å². The molecule has 3 rings (SSSR count). The summed E-state index contributed by atoms with van der Waals surface area (Å²) in [6.07, 6.45) is 0. The molecule has 0 atom stereocenters. The third-order valence-corrected chi connectivity index (χ3v) is 4.99. The Bertz CT molecular complexity index is 1050. The van der Waals surface area contributed by atoms with Gasteiger partial charge < -0.3 is 0 Å². The molecular formula is C18H16N6O3S2. The van der Waals surface area contributed by atoms with Crippen LogP contribution in [0.4, 0.5) is 5.69 Å². The molecule has 0 saturated heterocycles. The van der Waals surface area contributed by atoms with Crippen molar-refractivity contribution >= 4 is 40.7 Å². The third-order valence-electron chi connectivity index (χ3n) is 3.79. The quantitative estimate of drug-likeness (QED) is 0.266. The molecule has 1 heterocycles. The molecule has 2 aromatic carbocycles. The molecule has 0 radical (unpaired) electrons. The molecule has 2 N–H and O–H groups in total. The number of nitro benzene ring substituents is 1. The van der Waals surface area contributed by atoms with Crippen LogP contribution in [0.25, 0.3) is 0 Å². The maximum Gasteiger partial charge on any atom is 0.282 e. The van der Waals surface area contributed by atoms with Crippen molar-refractivity contribution in [3.05, 3.63) is 81.7 Å². The minimum atomic E-state index is -0.681. The van der Waals surface area contributed by atoms with Gasteiger partial charge in [0.15, 0.2) is 5.11 Å². The van der Waals surface area contributed by atoms with E-state index in [1.54, 1.807) is 17.7 Å². The standard InChI is InChI=1S/C18H16N6O3S2/c1-12-20-21-18(29-11-13-7-3-2-4-8-13)23(12)22-17(28)19-16(25)14-9-5-6-10-15(14)24(26)27/h2-10H,11H2,1H3,(H2,19,22,25,28). The zero-order chi connectivity index (χ0) is 20.8. The van der Waals surface area contributed by atoms with Gasteiger partial charge in [0.05, 0.1) is 4.92 Å². The molecule has 0 fully saturated rings. The van der Waals surface area contributed by atoms with Gasteiger partial charge in [0, 0.05) is 11.8 Å². The number of thioether (sulfide) groups is 1. The number of aromatic nitrogens is 3. The average molecular weight is 428 g/mol. The van der Waals surface area contributed by atoms with E-state index < -0.39 is 10.8 Å². The van der Waals surface area contributed by atoms with Gasteiger partial charge in [0.2, 0.25) is 5.16 Å². The summed E-state index contributed by atoms with van der Waals surface area (Å²) in [6.45, 7) is 1.74. The number of aryl methyl sites for hydroxylation is 1. The van der Waals surface area contributed by atoms with E-state index in [2.05, 4.69) is 20.9 Å². The molecule has 11 heteroatoms. The Morgan fingerprint density at radius 1 is 1.17 bits per heavy atom. The second-order valence-corrected chi connectivity index (χ2v) is 7.16. The molecule has 1 amide bonds. The number of benzene rings is 2. The number of nitrogens with zero attached hydrogens (tertiary/aromatic N) is 4. The highest BCUT2D eigenvalue weighted by Crippen LogP contribution is 2.21. The summed E-state index contributed by atoms with van der Waals surface area (Å²) in [6, 6.07) is 15.5. The summed E-state index contributed by atoms with van der Waals surface area (Å²) in [5.74, 6) is 0.539. The van der Waals surface area contributed by atoms with Crippen LogP contribution in [-0.4, -0.2) is 30.8 Å². The van der Waals surface area contributed by atoms with Gasteiger partial charge in [0.25, 0.3) is 11.6 Å². The van der Waals surface area contributed by atoms with E-state index in [-0.39, 0.29) is 16.4 Å². The van der Waals surface area contributed by atoms with E-state index in [1.807, 2.05) is 30.3 Å². The van der Waals surface area contributed by atoms with Crippen LogP contribution >= 0.6 is 24.0 Å². The summed E-state index contributed by atoms with van der Waals surface area (Å²) >= 11 is 6.64. The maximum atomic E-state index is 12.4. The predicted molar refractivity (Wildman–Crippen MR) is 113 cm³/mol. The van der Waals surface area contributed by atoms with Gasteiger partial charge in [0.1, 0.15) is 11.4 Å². The second kappa shape index (κ2) is 9.26. The molecule has 0 aliphatic heterocycles. The summed E-state index contributed by atoms with van der Waals surface area (Å²) in [7, 11) is 0. The smallest absolute Gasteiger partial charge is 0.282 e. The van der Waals surface area contributed by atoms with Crippen molar-refractivity contribution in [2.75, 3.05) is 5.43 Å². The number of rotatable bonds is 6. The summed E-state index contributed by atoms with van der Waals surface area (Å²) in [4.78, 5) is 22.9. The first-order valence-corrected chi connectivity index (χ1v) is 9.79. The highest BCUT2D eigenvalue weighted by atomic mass is 32.2. The lowest BCUT2D eigenvalue weighted by atomic mass is 10.1. The number of amides is 1. The lowest BCUT2D eigenvalue weighted by Gasteiger charge is -2.13. The van der Waals surface area contributed by atoms with Gasteiger partial charge >= 0.3 is 0 Å². The molecule has 0 saturated carbocycles. The van der Waals surface area contributed by atoms with E-state index in [4.69, 9.17) is 12.2 Å². The van der Waals surface area contributed by atoms with E-state index in [9.17, 15) is 14.9 Å². The fourth-order valence-electron chi connectivity index (χ4n) is 2.41. The molecule has 0 spiro atoms. The summed E-state index contributed by atoms with van der Waals surface area (Å²) in [5.41, 5.74) is 3.59. The van der Waals surface area contributed by atoms with Crippen molar-refractivity contribution in [2.24, 2.45) is 0 Å². The lowest BCUT2D eigenvalue weighted by Crippen LogP contribution is -2.38. The minimum absolute atomic E-state index is 0.0300. The molecule has 1 aromatic heterocycles. The van der Waals surface area contributed by atoms with Crippen LogP contribution in [0.1, 0.15) is 21.7 Å². The fraction of sp³-hybridized carbons (Fsp3) is 0.111. The number of carbonyl (C=O) groups is 1. The van der Waals surface area contributed by atoms with Gasteiger partial charge in [-0.2, -0.15) is 0 Å². The predicted octanol–water partition coefficient (Wildman–Crippen LogP) is 3.05. The number of para-hydroxylation sites is 1. The zero-order valence-electron chi connectivity index (χ0n) is 15.2. The van der Waals surface area contributed by atoms with Gasteiger partial charge in [-0.15, -0.1) is 10.2 Å². The van der Waals surface area contributed by atoms with Crippen molar-refractivity contribution in [1.82, 2.24) is 20.2 Å². The Labute approximate surface area is 175 Å². The molecule has 0 aliphatic rings. The molecule has 148 valence electrons. The van der Waals surface area contributed by atoms with Gasteiger partial charge in [-0.3, -0.25) is 25.7 Å². The first-order valence-electron chi connectivity index (χ1n) is 8.40. The van der Waals surface area contributed by atoms with Crippen LogP contribution in [-0.2, 0) is 5.75 Å². The van der Waals surface area contributed by atoms with E-state index in [0.29, 0.717) is 16.7 Å². The second-order valence-electron chi connectivity index (χ2n) is 5.81. The Kier molecular flexibility index (Phi) is 6.52. The van der Waals surface area contributed by atoms with E-state index in [1.165, 1.54) is 30.0 Å². The molecular weight excluding hydrogens is 412 g/mol. The Hall–Kier alpha value is -3.31. The minimum Gasteiger partial charge on any atom is -0.297 e. The number of hydrogen-bond donors (Lipinski definition) is 2. The third kappa shape index (κ3) is 5.15. The van der Waals surface area contributed by atoms with Crippen LogP contribution in [0.15, 0.2) is 59.8 Å². The Morgan fingerprint density at radius 3 is 2.59 bits per heavy atom. The monoisotopic (exact) mass is 428 g/mol. The molecule has 0 bridgehead atoms. The van der Waals surface area contributed by atoms with Gasteiger partial charge in [-0.25, -0.2) is 4.68 Å². The van der Waals surface area contributed by atoms with E-state index >= 15 is 0 Å². The van der Waals surface area contributed by atoms with Crippen molar-refractivity contribution < 1.29 is 9.72 Å². The SMILES string of the molecule is Cc1nnc(SCc2ccccc2)n1NC(=S)NC(=O)c1ccccc1[N+](=O)[O-]. The normalized spacial score (nSPS) is 10.4. The Balaban J connectivity index is 1.67. The van der Waals surface area contributed by atoms with Crippen molar-refractivity contribution in [2.45, 2.75) is 17.8 Å². The maximum absolute atomic E-state index is 12.4. The largest absolute Gasteiger partial charge is 0.297 e. The van der Waals surface area contributed by atoms with Crippen LogP contribution in [0.5, 0.6) is 0 Å².